The van der Waals surface area contributed by atoms with E-state index in [2.05, 4.69) is 6.58 Å². The molecule has 2 unspecified atom stereocenters. The van der Waals surface area contributed by atoms with Crippen LogP contribution in [0.1, 0.15) is 6.92 Å². The fourth-order valence-corrected chi connectivity index (χ4v) is 1.79. The number of carboxylic acid groups (broad SMARTS) is 2. The molecule has 0 aliphatic heterocycles. The smallest absolute Gasteiger partial charge is 0.321 e. The highest BCUT2D eigenvalue weighted by Gasteiger charge is 2.19. The third-order valence-electron chi connectivity index (χ3n) is 1.41. The third kappa shape index (κ3) is 28.4. The Morgan fingerprint density at radius 3 is 1.08 bits per heavy atom. The van der Waals surface area contributed by atoms with E-state index in [0.717, 1.165) is 0 Å². The molecule has 0 saturated carbocycles. The minimum atomic E-state index is -4.27. The van der Waals surface area contributed by atoms with Gasteiger partial charge >= 0.3 is 11.9 Å². The number of aliphatic hydroxyl groups excluding tert-OH is 1. The molecule has 0 bridgehead atoms. The zero-order valence-corrected chi connectivity index (χ0v) is 14.1. The number of nitrogens with two attached hydrogens (primary N) is 2. The van der Waals surface area contributed by atoms with Gasteiger partial charge in [0.15, 0.2) is 0 Å². The minimum absolute atomic E-state index is 0.167. The van der Waals surface area contributed by atoms with E-state index in [0.29, 0.717) is 0 Å². The normalized spacial score (nSPS) is 13.2. The predicted octanol–water partition coefficient (Wildman–Crippen LogP) is -2.35. The second kappa shape index (κ2) is 11.7. The SMILES string of the molecule is C=C(C)O.NC(CS(=O)(=O)O)C(=O)O.NC(CS(=O)(=O)O)C(=O)O. The largest absolute Gasteiger partial charge is 0.513 e. The summed E-state index contributed by atoms with van der Waals surface area (Å²) in [5.41, 5.74) is 9.53. The highest BCUT2D eigenvalue weighted by molar-refractivity contribution is 7.86. The summed E-state index contributed by atoms with van der Waals surface area (Å²) in [6, 6.07) is -3.12. The molecule has 0 amide bonds. The van der Waals surface area contributed by atoms with Gasteiger partial charge in [-0.05, 0) is 6.92 Å². The number of rotatable bonds is 6. The number of aliphatic carboxylic acids is 2. The number of aliphatic hydroxyl groups is 1. The third-order valence-corrected chi connectivity index (χ3v) is 2.98. The first-order valence-electron chi connectivity index (χ1n) is 5.60. The van der Waals surface area contributed by atoms with Gasteiger partial charge in [-0.1, -0.05) is 6.58 Å². The minimum Gasteiger partial charge on any atom is -0.513 e. The lowest BCUT2D eigenvalue weighted by atomic mass is 10.4. The summed E-state index contributed by atoms with van der Waals surface area (Å²) in [5, 5.41) is 24.0. The first-order chi connectivity index (χ1) is 10.4. The predicted molar refractivity (Wildman–Crippen MR) is 81.5 cm³/mol. The Morgan fingerprint density at radius 1 is 0.875 bits per heavy atom. The van der Waals surface area contributed by atoms with Gasteiger partial charge in [0.05, 0.1) is 5.76 Å². The van der Waals surface area contributed by atoms with Crippen LogP contribution in [0.5, 0.6) is 0 Å². The number of hydrogen-bond donors (Lipinski definition) is 7. The molecule has 13 nitrogen and oxygen atoms in total. The molecule has 2 atom stereocenters. The molecule has 0 aromatic carbocycles. The molecule has 0 aromatic heterocycles. The maximum Gasteiger partial charge on any atom is 0.321 e. The van der Waals surface area contributed by atoms with Crippen LogP contribution in [-0.4, -0.2) is 76.8 Å². The van der Waals surface area contributed by atoms with E-state index in [1.165, 1.54) is 6.92 Å². The molecular formula is C9H20N2O11S2. The first kappa shape index (κ1) is 27.1. The molecule has 144 valence electrons. The number of carboxylic acids is 2. The van der Waals surface area contributed by atoms with Crippen LogP contribution in [0, 0.1) is 0 Å². The zero-order valence-electron chi connectivity index (χ0n) is 12.4. The van der Waals surface area contributed by atoms with Crippen molar-refractivity contribution in [2.45, 2.75) is 19.0 Å². The summed E-state index contributed by atoms with van der Waals surface area (Å²) in [6.07, 6.45) is 0. The van der Waals surface area contributed by atoms with E-state index >= 15 is 0 Å². The van der Waals surface area contributed by atoms with E-state index < -0.39 is 55.8 Å². The van der Waals surface area contributed by atoms with Gasteiger partial charge in [0.1, 0.15) is 23.6 Å². The van der Waals surface area contributed by atoms with Gasteiger partial charge in [-0.25, -0.2) is 0 Å². The second-order valence-electron chi connectivity index (χ2n) is 4.12. The van der Waals surface area contributed by atoms with Gasteiger partial charge in [-0.3, -0.25) is 18.7 Å². The molecule has 0 spiro atoms. The van der Waals surface area contributed by atoms with Gasteiger partial charge < -0.3 is 26.8 Å². The highest BCUT2D eigenvalue weighted by Crippen LogP contribution is 1.87. The van der Waals surface area contributed by atoms with Gasteiger partial charge in [0, 0.05) is 0 Å². The summed E-state index contributed by atoms with van der Waals surface area (Å²) >= 11 is 0. The number of hydrogen-bond acceptors (Lipinski definition) is 9. The van der Waals surface area contributed by atoms with E-state index in [9.17, 15) is 26.4 Å². The van der Waals surface area contributed by atoms with Crippen molar-refractivity contribution in [3.63, 3.8) is 0 Å². The summed E-state index contributed by atoms with van der Waals surface area (Å²) < 4.78 is 56.0. The topological polar surface area (TPSA) is 256 Å². The molecule has 24 heavy (non-hydrogen) atoms. The Bertz CT molecular complexity index is 572. The van der Waals surface area contributed by atoms with Gasteiger partial charge in [0.25, 0.3) is 20.2 Å². The van der Waals surface area contributed by atoms with E-state index in [1.54, 1.807) is 0 Å². The van der Waals surface area contributed by atoms with Gasteiger partial charge in [-0.2, -0.15) is 16.8 Å². The maximum absolute atomic E-state index is 9.96. The van der Waals surface area contributed by atoms with Crippen LogP contribution in [0.25, 0.3) is 0 Å². The highest BCUT2D eigenvalue weighted by atomic mass is 32.2. The molecule has 0 rings (SSSR count). The first-order valence-corrected chi connectivity index (χ1v) is 8.82. The average Bonchev–Trinajstić information content (AvgIpc) is 2.23. The Kier molecular flexibility index (Phi) is 13.2. The van der Waals surface area contributed by atoms with Crippen LogP contribution in [0.4, 0.5) is 0 Å². The Balaban J connectivity index is -0.000000301. The quantitative estimate of drug-likeness (QED) is 0.183. The van der Waals surface area contributed by atoms with Crippen molar-refractivity contribution in [2.75, 3.05) is 11.5 Å². The van der Waals surface area contributed by atoms with Crippen LogP contribution >= 0.6 is 0 Å². The van der Waals surface area contributed by atoms with E-state index in [-0.39, 0.29) is 5.76 Å². The van der Waals surface area contributed by atoms with E-state index in [4.69, 9.17) is 35.9 Å². The maximum atomic E-state index is 9.96. The molecule has 0 saturated heterocycles. The second-order valence-corrected chi connectivity index (χ2v) is 7.12. The molecule has 15 heteroatoms. The van der Waals surface area contributed by atoms with Crippen molar-refractivity contribution in [1.82, 2.24) is 0 Å². The van der Waals surface area contributed by atoms with Crippen LogP contribution in [0.3, 0.4) is 0 Å². The van der Waals surface area contributed by atoms with Crippen molar-refractivity contribution in [1.29, 1.82) is 0 Å². The standard InChI is InChI=1S/2C3H7NO5S.C3H6O/c2*4-2(3(5)6)1-10(7,8)9;1-3(2)4/h2*2H,1,4H2,(H,5,6)(H,7,8,9);4H,1H2,2H3. The lowest BCUT2D eigenvalue weighted by Crippen LogP contribution is -2.36. The molecule has 0 aliphatic rings. The average molecular weight is 396 g/mol. The molecule has 0 aliphatic carbocycles. The molecule has 9 N–H and O–H groups in total. The lowest BCUT2D eigenvalue weighted by Gasteiger charge is -2.01. The fraction of sp³-hybridized carbons (Fsp3) is 0.556. The van der Waals surface area contributed by atoms with Gasteiger partial charge in [0.2, 0.25) is 0 Å². The van der Waals surface area contributed by atoms with Crippen molar-refractivity contribution in [2.24, 2.45) is 11.5 Å². The van der Waals surface area contributed by atoms with Crippen molar-refractivity contribution < 1.29 is 50.8 Å². The lowest BCUT2D eigenvalue weighted by molar-refractivity contribution is -0.138. The Morgan fingerprint density at radius 2 is 1.04 bits per heavy atom. The molecule has 0 heterocycles. The molecular weight excluding hydrogens is 376 g/mol. The van der Waals surface area contributed by atoms with Crippen LogP contribution in [-0.2, 0) is 29.8 Å². The summed E-state index contributed by atoms with van der Waals surface area (Å²) in [6.45, 7) is 4.64. The zero-order chi connectivity index (χ0) is 20.3. The van der Waals surface area contributed by atoms with Crippen LogP contribution in [0.15, 0.2) is 12.3 Å². The van der Waals surface area contributed by atoms with Crippen molar-refractivity contribution in [3.8, 4) is 0 Å². The summed E-state index contributed by atoms with van der Waals surface area (Å²) in [5.74, 6) is -4.67. The summed E-state index contributed by atoms with van der Waals surface area (Å²) in [7, 11) is -8.55. The van der Waals surface area contributed by atoms with Crippen LogP contribution in [0.2, 0.25) is 0 Å². The van der Waals surface area contributed by atoms with Crippen LogP contribution < -0.4 is 11.5 Å². The summed E-state index contributed by atoms with van der Waals surface area (Å²) in [4.78, 5) is 19.8. The molecule has 0 aromatic rings. The fourth-order valence-electron chi connectivity index (χ4n) is 0.596. The Labute approximate surface area is 138 Å². The molecule has 0 fully saturated rings. The van der Waals surface area contributed by atoms with E-state index in [1.807, 2.05) is 0 Å². The Hall–Kier alpha value is -1.78. The monoisotopic (exact) mass is 396 g/mol. The van der Waals surface area contributed by atoms with Gasteiger partial charge in [-0.15, -0.1) is 0 Å². The number of carbonyl (C=O) groups is 2. The van der Waals surface area contributed by atoms with Crippen molar-refractivity contribution >= 4 is 32.2 Å². The molecule has 0 radical (unpaired) electrons. The van der Waals surface area contributed by atoms with Crippen molar-refractivity contribution in [3.05, 3.63) is 12.3 Å². The number of allylic oxidation sites excluding steroid dienone is 1.